The molecule has 0 heterocycles. The molecule has 0 aromatic heterocycles. The zero-order valence-electron chi connectivity index (χ0n) is 20.3. The molecule has 3 heteroatoms. The third-order valence-corrected chi connectivity index (χ3v) is 8.63. The Kier molecular flexibility index (Phi) is 7.92. The van der Waals surface area contributed by atoms with Crippen LogP contribution in [0.5, 0.6) is 0 Å². The van der Waals surface area contributed by atoms with Crippen molar-refractivity contribution in [2.75, 3.05) is 0 Å². The lowest BCUT2D eigenvalue weighted by Gasteiger charge is -2.42. The van der Waals surface area contributed by atoms with Crippen LogP contribution in [0.1, 0.15) is 85.0 Å². The summed E-state index contributed by atoms with van der Waals surface area (Å²) in [6.07, 6.45) is 11.8. The molecule has 3 nitrogen and oxygen atoms in total. The molecule has 0 amide bonds. The highest BCUT2D eigenvalue weighted by atomic mass is 16.3. The van der Waals surface area contributed by atoms with Gasteiger partial charge < -0.3 is 15.3 Å². The summed E-state index contributed by atoms with van der Waals surface area (Å²) in [5, 5.41) is 30.7. The predicted molar refractivity (Wildman–Crippen MR) is 132 cm³/mol. The quantitative estimate of drug-likeness (QED) is 0.488. The van der Waals surface area contributed by atoms with E-state index < -0.39 is 17.8 Å². The van der Waals surface area contributed by atoms with Gasteiger partial charge in [-0.3, -0.25) is 0 Å². The molecule has 3 N–H and O–H groups in total. The van der Waals surface area contributed by atoms with Gasteiger partial charge in [0.15, 0.2) is 0 Å². The van der Waals surface area contributed by atoms with Gasteiger partial charge in [0.25, 0.3) is 0 Å². The van der Waals surface area contributed by atoms with Gasteiger partial charge in [-0.25, -0.2) is 0 Å². The molecule has 3 saturated carbocycles. The van der Waals surface area contributed by atoms with E-state index in [1.807, 2.05) is 13.8 Å². The summed E-state index contributed by atoms with van der Waals surface area (Å²) in [6.45, 7) is 14.8. The zero-order valence-corrected chi connectivity index (χ0v) is 20.3. The molecular weight excluding hydrogens is 396 g/mol. The van der Waals surface area contributed by atoms with Gasteiger partial charge in [0, 0.05) is 12.8 Å². The Balaban J connectivity index is 1.75. The minimum Gasteiger partial charge on any atom is -0.393 e. The van der Waals surface area contributed by atoms with Crippen molar-refractivity contribution in [2.24, 2.45) is 17.3 Å². The normalized spacial score (nSPS) is 35.5. The van der Waals surface area contributed by atoms with Crippen LogP contribution < -0.4 is 0 Å². The highest BCUT2D eigenvalue weighted by Gasteiger charge is 2.49. The average molecular weight is 439 g/mol. The molecule has 5 atom stereocenters. The lowest BCUT2D eigenvalue weighted by Crippen LogP contribution is -2.33. The van der Waals surface area contributed by atoms with E-state index in [9.17, 15) is 15.3 Å². The minimum atomic E-state index is -0.687. The van der Waals surface area contributed by atoms with Crippen LogP contribution >= 0.6 is 0 Å². The topological polar surface area (TPSA) is 60.7 Å². The number of hydrogen-bond acceptors (Lipinski definition) is 3. The van der Waals surface area contributed by atoms with Gasteiger partial charge in [0.1, 0.15) is 0 Å². The monoisotopic (exact) mass is 438 g/mol. The molecule has 3 rings (SSSR count). The molecule has 0 unspecified atom stereocenters. The molecule has 0 aromatic rings. The molecule has 0 radical (unpaired) electrons. The third-order valence-electron chi connectivity index (χ3n) is 8.63. The first-order valence-corrected chi connectivity index (χ1v) is 12.5. The van der Waals surface area contributed by atoms with Gasteiger partial charge in [0.05, 0.1) is 17.8 Å². The summed E-state index contributed by atoms with van der Waals surface area (Å²) in [7, 11) is 0. The number of aliphatic hydroxyl groups excluding tert-OH is 2. The molecule has 0 spiro atoms. The lowest BCUT2D eigenvalue weighted by molar-refractivity contribution is 0.0375. The second-order valence-corrected chi connectivity index (χ2v) is 10.5. The van der Waals surface area contributed by atoms with Gasteiger partial charge in [-0.2, -0.15) is 0 Å². The smallest absolute Gasteiger partial charge is 0.0811 e. The van der Waals surface area contributed by atoms with E-state index in [0.29, 0.717) is 31.1 Å². The maximum Gasteiger partial charge on any atom is 0.0811 e. The summed E-state index contributed by atoms with van der Waals surface area (Å²) in [4.78, 5) is 0. The first-order chi connectivity index (χ1) is 15.1. The summed E-state index contributed by atoms with van der Waals surface area (Å²) < 4.78 is 0. The standard InChI is InChI=1S/C29H42O3/c1-6-29(32,7-2)17-8-10-20(3)25-14-15-26-22(11-9-16-28(25,26)5)12-13-23-18-24(30)19-27(31)21(23)4/h12-13,24-27,30-32H,3-4,6-7,9,11,14-19H2,1-2,5H3/b22-12+,23-13-/t24-,25-,26+,27+,28-/m1/s1. The van der Waals surface area contributed by atoms with Gasteiger partial charge in [0.2, 0.25) is 0 Å². The fourth-order valence-corrected chi connectivity index (χ4v) is 6.19. The molecule has 0 aromatic carbocycles. The van der Waals surface area contributed by atoms with Crippen LogP contribution in [-0.2, 0) is 0 Å². The summed E-state index contributed by atoms with van der Waals surface area (Å²) in [5.41, 5.74) is 3.70. The summed E-state index contributed by atoms with van der Waals surface area (Å²) >= 11 is 0. The van der Waals surface area contributed by atoms with E-state index in [1.54, 1.807) is 0 Å². The maximum absolute atomic E-state index is 10.5. The van der Waals surface area contributed by atoms with E-state index in [-0.39, 0.29) is 5.41 Å². The van der Waals surface area contributed by atoms with Crippen molar-refractivity contribution in [1.29, 1.82) is 0 Å². The van der Waals surface area contributed by atoms with Gasteiger partial charge in [-0.1, -0.05) is 63.5 Å². The minimum absolute atomic E-state index is 0.169. The Bertz CT molecular complexity index is 847. The fourth-order valence-electron chi connectivity index (χ4n) is 6.19. The molecule has 0 saturated heterocycles. The Morgan fingerprint density at radius 3 is 2.62 bits per heavy atom. The number of allylic oxidation sites excluding steroid dienone is 4. The third kappa shape index (κ3) is 5.14. The van der Waals surface area contributed by atoms with Crippen LogP contribution in [0, 0.1) is 29.1 Å². The van der Waals surface area contributed by atoms with Crippen LogP contribution in [0.15, 0.2) is 47.6 Å². The molecule has 0 aliphatic heterocycles. The highest BCUT2D eigenvalue weighted by Crippen LogP contribution is 2.59. The average Bonchev–Trinajstić information content (AvgIpc) is 3.12. The van der Waals surface area contributed by atoms with E-state index in [4.69, 9.17) is 0 Å². The molecular formula is C29H42O3. The Morgan fingerprint density at radius 1 is 1.22 bits per heavy atom. The van der Waals surface area contributed by atoms with Crippen LogP contribution in [0.2, 0.25) is 0 Å². The van der Waals surface area contributed by atoms with Crippen molar-refractivity contribution >= 4 is 0 Å². The van der Waals surface area contributed by atoms with E-state index in [0.717, 1.165) is 55.2 Å². The Labute approximate surface area is 195 Å². The Morgan fingerprint density at radius 2 is 1.94 bits per heavy atom. The van der Waals surface area contributed by atoms with Gasteiger partial charge >= 0.3 is 0 Å². The first-order valence-electron chi connectivity index (χ1n) is 12.5. The SMILES string of the molecule is C=C(C#CCC(O)(CC)CC)[C@H]1CC[C@H]2/C(=C/C=C3/C[C@@H](O)C[C@H](O)C3=C)CCC[C@]12C. The van der Waals surface area contributed by atoms with E-state index in [2.05, 4.69) is 44.1 Å². The van der Waals surface area contributed by atoms with Crippen molar-refractivity contribution in [3.63, 3.8) is 0 Å². The van der Waals surface area contributed by atoms with Gasteiger partial charge in [-0.05, 0) is 85.3 Å². The molecule has 0 bridgehead atoms. The first kappa shape index (κ1) is 25.0. The number of hydrogen-bond donors (Lipinski definition) is 3. The van der Waals surface area contributed by atoms with Crippen molar-refractivity contribution in [3.8, 4) is 11.8 Å². The maximum atomic E-state index is 10.5. The number of fused-ring (bicyclic) bond motifs is 1. The van der Waals surface area contributed by atoms with Crippen molar-refractivity contribution in [2.45, 2.75) is 103 Å². The zero-order chi connectivity index (χ0) is 23.5. The molecule has 3 fully saturated rings. The second-order valence-electron chi connectivity index (χ2n) is 10.5. The van der Waals surface area contributed by atoms with Crippen molar-refractivity contribution in [3.05, 3.63) is 47.6 Å². The number of rotatable bonds is 5. The predicted octanol–water partition coefficient (Wildman–Crippen LogP) is 5.63. The van der Waals surface area contributed by atoms with E-state index in [1.165, 1.54) is 12.0 Å². The van der Waals surface area contributed by atoms with Crippen LogP contribution in [0.4, 0.5) is 0 Å². The van der Waals surface area contributed by atoms with Crippen LogP contribution in [0.25, 0.3) is 0 Å². The van der Waals surface area contributed by atoms with Crippen LogP contribution in [-0.4, -0.2) is 33.1 Å². The fraction of sp³-hybridized carbons (Fsp3) is 0.655. The largest absolute Gasteiger partial charge is 0.393 e. The molecule has 32 heavy (non-hydrogen) atoms. The molecule has 3 aliphatic rings. The highest BCUT2D eigenvalue weighted by molar-refractivity contribution is 5.39. The van der Waals surface area contributed by atoms with Gasteiger partial charge in [-0.15, -0.1) is 0 Å². The summed E-state index contributed by atoms with van der Waals surface area (Å²) in [5.74, 6) is 7.46. The lowest BCUT2D eigenvalue weighted by atomic mass is 9.62. The van der Waals surface area contributed by atoms with E-state index >= 15 is 0 Å². The second kappa shape index (κ2) is 10.1. The number of aliphatic hydroxyl groups is 3. The Hall–Kier alpha value is -1.60. The van der Waals surface area contributed by atoms with Crippen molar-refractivity contribution < 1.29 is 15.3 Å². The molecule has 3 aliphatic carbocycles. The van der Waals surface area contributed by atoms with Crippen molar-refractivity contribution in [1.82, 2.24) is 0 Å². The summed E-state index contributed by atoms with van der Waals surface area (Å²) in [6, 6.07) is 0. The molecule has 176 valence electrons. The van der Waals surface area contributed by atoms with Crippen LogP contribution in [0.3, 0.4) is 0 Å².